The number of pyridine rings is 1. The molecule has 0 spiro atoms. The van der Waals surface area contributed by atoms with Crippen molar-refractivity contribution in [2.75, 3.05) is 45.9 Å². The smallest absolute Gasteiger partial charge is 0.123 e. The zero-order chi connectivity index (χ0) is 23.0. The molecule has 1 fully saturated rings. The summed E-state index contributed by atoms with van der Waals surface area (Å²) in [6.07, 6.45) is 4.21. The number of rotatable bonds is 8. The van der Waals surface area contributed by atoms with Gasteiger partial charge in [-0.25, -0.2) is 0 Å². The SMILES string of the molecule is c1ccc(CCCN2CCOc3ccc(CN4CCN(Cc5ccccn5)CC4)cc3C2)cc1. The Morgan fingerprint density at radius 1 is 0.735 bits per heavy atom. The first-order chi connectivity index (χ1) is 16.8. The van der Waals surface area contributed by atoms with E-state index in [1.165, 1.54) is 23.1 Å². The molecule has 0 unspecified atom stereocenters. The lowest BCUT2D eigenvalue weighted by atomic mass is 10.1. The summed E-state index contributed by atoms with van der Waals surface area (Å²) in [5.74, 6) is 1.06. The van der Waals surface area contributed by atoms with Crippen molar-refractivity contribution in [3.8, 4) is 5.75 Å². The Bertz CT molecular complexity index is 1020. The van der Waals surface area contributed by atoms with E-state index < -0.39 is 0 Å². The van der Waals surface area contributed by atoms with E-state index in [9.17, 15) is 0 Å². The first-order valence-corrected chi connectivity index (χ1v) is 12.7. The number of ether oxygens (including phenoxy) is 1. The van der Waals surface area contributed by atoms with E-state index >= 15 is 0 Å². The topological polar surface area (TPSA) is 31.8 Å². The monoisotopic (exact) mass is 456 g/mol. The molecule has 0 bridgehead atoms. The highest BCUT2D eigenvalue weighted by Gasteiger charge is 2.19. The molecule has 2 aromatic carbocycles. The molecule has 0 N–H and O–H groups in total. The number of benzene rings is 2. The molecule has 0 amide bonds. The van der Waals surface area contributed by atoms with Crippen LogP contribution in [0.3, 0.4) is 0 Å². The molecule has 2 aliphatic rings. The van der Waals surface area contributed by atoms with Crippen molar-refractivity contribution >= 4 is 0 Å². The molecule has 34 heavy (non-hydrogen) atoms. The minimum absolute atomic E-state index is 0.774. The van der Waals surface area contributed by atoms with E-state index in [1.807, 2.05) is 12.3 Å². The van der Waals surface area contributed by atoms with E-state index in [-0.39, 0.29) is 0 Å². The van der Waals surface area contributed by atoms with Crippen molar-refractivity contribution in [2.24, 2.45) is 0 Å². The molecule has 3 heterocycles. The highest BCUT2D eigenvalue weighted by molar-refractivity contribution is 5.38. The number of hydrogen-bond donors (Lipinski definition) is 0. The van der Waals surface area contributed by atoms with Gasteiger partial charge in [0.25, 0.3) is 0 Å². The second kappa shape index (κ2) is 11.6. The Hall–Kier alpha value is -2.73. The van der Waals surface area contributed by atoms with Crippen LogP contribution in [0.1, 0.15) is 28.8 Å². The molecule has 0 radical (unpaired) electrons. The van der Waals surface area contributed by atoms with Crippen molar-refractivity contribution in [3.63, 3.8) is 0 Å². The summed E-state index contributed by atoms with van der Waals surface area (Å²) in [6.45, 7) is 10.2. The van der Waals surface area contributed by atoms with E-state index in [0.29, 0.717) is 0 Å². The fourth-order valence-corrected chi connectivity index (χ4v) is 5.03. The first-order valence-electron chi connectivity index (χ1n) is 12.7. The fourth-order valence-electron chi connectivity index (χ4n) is 5.03. The van der Waals surface area contributed by atoms with Crippen LogP contribution in [-0.4, -0.2) is 65.6 Å². The molecule has 5 nitrogen and oxygen atoms in total. The Balaban J connectivity index is 1.12. The summed E-state index contributed by atoms with van der Waals surface area (Å²) in [5, 5.41) is 0. The number of nitrogens with zero attached hydrogens (tertiary/aromatic N) is 4. The Morgan fingerprint density at radius 2 is 1.53 bits per heavy atom. The zero-order valence-electron chi connectivity index (χ0n) is 20.1. The summed E-state index contributed by atoms with van der Waals surface area (Å²) >= 11 is 0. The third-order valence-electron chi connectivity index (χ3n) is 6.95. The van der Waals surface area contributed by atoms with Gasteiger partial charge in [-0.3, -0.25) is 19.7 Å². The molecule has 178 valence electrons. The standard InChI is InChI=1S/C29H36N4O/c1-2-7-25(8-3-1)9-6-14-31-19-20-34-29-12-11-26(21-27(29)23-31)22-32-15-17-33(18-16-32)24-28-10-4-5-13-30-28/h1-5,7-8,10-13,21H,6,9,14-20,22-24H2. The second-order valence-electron chi connectivity index (χ2n) is 9.53. The third-order valence-corrected chi connectivity index (χ3v) is 6.95. The minimum atomic E-state index is 0.774. The van der Waals surface area contributed by atoms with E-state index in [2.05, 4.69) is 80.3 Å². The lowest BCUT2D eigenvalue weighted by Crippen LogP contribution is -2.45. The van der Waals surface area contributed by atoms with Crippen LogP contribution >= 0.6 is 0 Å². The Kier molecular flexibility index (Phi) is 7.86. The van der Waals surface area contributed by atoms with Crippen LogP contribution in [0.15, 0.2) is 72.9 Å². The highest BCUT2D eigenvalue weighted by atomic mass is 16.5. The van der Waals surface area contributed by atoms with Gasteiger partial charge in [-0.15, -0.1) is 0 Å². The van der Waals surface area contributed by atoms with Crippen LogP contribution in [0.4, 0.5) is 0 Å². The summed E-state index contributed by atoms with van der Waals surface area (Å²) in [7, 11) is 0. The van der Waals surface area contributed by atoms with Gasteiger partial charge in [0.2, 0.25) is 0 Å². The molecule has 2 aliphatic heterocycles. The first kappa shape index (κ1) is 23.0. The van der Waals surface area contributed by atoms with Crippen molar-refractivity contribution < 1.29 is 4.74 Å². The summed E-state index contributed by atoms with van der Waals surface area (Å²) in [4.78, 5) is 12.1. The van der Waals surface area contributed by atoms with Gasteiger partial charge >= 0.3 is 0 Å². The molecule has 1 aromatic heterocycles. The van der Waals surface area contributed by atoms with Crippen molar-refractivity contribution in [3.05, 3.63) is 95.3 Å². The number of piperazine rings is 1. The van der Waals surface area contributed by atoms with Gasteiger partial charge in [-0.2, -0.15) is 0 Å². The van der Waals surface area contributed by atoms with Crippen LogP contribution < -0.4 is 4.74 Å². The van der Waals surface area contributed by atoms with Gasteiger partial charge in [0, 0.05) is 64.1 Å². The Labute approximate surface area is 204 Å². The van der Waals surface area contributed by atoms with Crippen LogP contribution in [0, 0.1) is 0 Å². The normalized spacial score (nSPS) is 17.6. The molecule has 0 saturated carbocycles. The van der Waals surface area contributed by atoms with E-state index in [4.69, 9.17) is 4.74 Å². The minimum Gasteiger partial charge on any atom is -0.492 e. The summed E-state index contributed by atoms with van der Waals surface area (Å²) in [5.41, 5.74) is 5.32. The Morgan fingerprint density at radius 3 is 2.32 bits per heavy atom. The van der Waals surface area contributed by atoms with Crippen LogP contribution in [0.2, 0.25) is 0 Å². The molecule has 5 rings (SSSR count). The van der Waals surface area contributed by atoms with Crippen molar-refractivity contribution in [2.45, 2.75) is 32.5 Å². The average molecular weight is 457 g/mol. The molecule has 1 saturated heterocycles. The molecule has 0 atom stereocenters. The third kappa shape index (κ3) is 6.44. The van der Waals surface area contributed by atoms with Crippen LogP contribution in [-0.2, 0) is 26.1 Å². The number of fused-ring (bicyclic) bond motifs is 1. The average Bonchev–Trinajstić information content (AvgIpc) is 3.08. The van der Waals surface area contributed by atoms with E-state index in [1.54, 1.807) is 0 Å². The molecule has 5 heteroatoms. The van der Waals surface area contributed by atoms with Gasteiger partial charge in [-0.05, 0) is 54.8 Å². The quantitative estimate of drug-likeness (QED) is 0.507. The van der Waals surface area contributed by atoms with Crippen molar-refractivity contribution in [1.29, 1.82) is 0 Å². The maximum absolute atomic E-state index is 6.09. The zero-order valence-corrected chi connectivity index (χ0v) is 20.1. The van der Waals surface area contributed by atoms with Gasteiger partial charge in [0.15, 0.2) is 0 Å². The number of hydrogen-bond acceptors (Lipinski definition) is 5. The molecular formula is C29H36N4O. The lowest BCUT2D eigenvalue weighted by Gasteiger charge is -2.34. The van der Waals surface area contributed by atoms with E-state index in [0.717, 1.165) is 83.4 Å². The maximum atomic E-state index is 6.09. The molecule has 0 aliphatic carbocycles. The van der Waals surface area contributed by atoms with Gasteiger partial charge < -0.3 is 4.74 Å². The van der Waals surface area contributed by atoms with Gasteiger partial charge in [0.1, 0.15) is 12.4 Å². The second-order valence-corrected chi connectivity index (χ2v) is 9.53. The van der Waals surface area contributed by atoms with Gasteiger partial charge in [-0.1, -0.05) is 42.5 Å². The van der Waals surface area contributed by atoms with Gasteiger partial charge in [0.05, 0.1) is 5.69 Å². The van der Waals surface area contributed by atoms with Crippen LogP contribution in [0.25, 0.3) is 0 Å². The highest BCUT2D eigenvalue weighted by Crippen LogP contribution is 2.25. The predicted octanol–water partition coefficient (Wildman–Crippen LogP) is 4.23. The summed E-state index contributed by atoms with van der Waals surface area (Å²) in [6, 6.07) is 23.8. The van der Waals surface area contributed by atoms with Crippen LogP contribution in [0.5, 0.6) is 5.75 Å². The maximum Gasteiger partial charge on any atom is 0.123 e. The number of aromatic nitrogens is 1. The molecule has 3 aromatic rings. The molecular weight excluding hydrogens is 420 g/mol. The van der Waals surface area contributed by atoms with Crippen molar-refractivity contribution in [1.82, 2.24) is 19.7 Å². The fraction of sp³-hybridized carbons (Fsp3) is 0.414. The largest absolute Gasteiger partial charge is 0.492 e. The summed E-state index contributed by atoms with van der Waals surface area (Å²) < 4.78 is 6.09. The lowest BCUT2D eigenvalue weighted by molar-refractivity contribution is 0.121. The number of aryl methyl sites for hydroxylation is 1. The predicted molar refractivity (Wildman–Crippen MR) is 137 cm³/mol.